The largest absolute Gasteiger partial charge is 0.451 e. The van der Waals surface area contributed by atoms with Gasteiger partial charge in [-0.05, 0) is 19.1 Å². The first-order chi connectivity index (χ1) is 13.8. The molecule has 0 spiro atoms. The minimum atomic E-state index is -4.60. The predicted octanol–water partition coefficient (Wildman–Crippen LogP) is 4.79. The molecule has 2 N–H and O–H groups in total. The van der Waals surface area contributed by atoms with E-state index in [2.05, 4.69) is 30.6 Å². The van der Waals surface area contributed by atoms with E-state index in [-0.39, 0.29) is 6.01 Å². The number of nitrogens with one attached hydrogen (secondary N) is 2. The molecule has 10 heteroatoms. The van der Waals surface area contributed by atoms with Crippen molar-refractivity contribution in [2.45, 2.75) is 13.1 Å². The lowest BCUT2D eigenvalue weighted by Gasteiger charge is -2.10. The van der Waals surface area contributed by atoms with Gasteiger partial charge in [0.15, 0.2) is 0 Å². The van der Waals surface area contributed by atoms with E-state index in [0.29, 0.717) is 17.7 Å². The predicted molar refractivity (Wildman–Crippen MR) is 102 cm³/mol. The molecule has 0 saturated carbocycles. The lowest BCUT2D eigenvalue weighted by Crippen LogP contribution is -2.02. The molecule has 4 rings (SSSR count). The van der Waals surface area contributed by atoms with Crippen LogP contribution in [0.15, 0.2) is 47.4 Å². The van der Waals surface area contributed by atoms with Crippen molar-refractivity contribution in [2.24, 2.45) is 0 Å². The van der Waals surface area contributed by atoms with Crippen LogP contribution in [-0.4, -0.2) is 27.0 Å². The minimum absolute atomic E-state index is 0.269. The number of anilines is 3. The second-order valence-corrected chi connectivity index (χ2v) is 6.25. The molecule has 148 valence electrons. The van der Waals surface area contributed by atoms with Crippen LogP contribution in [0.5, 0.6) is 0 Å². The summed E-state index contributed by atoms with van der Waals surface area (Å²) < 4.78 is 42.7. The van der Waals surface area contributed by atoms with Gasteiger partial charge in [0.25, 0.3) is 6.01 Å². The molecule has 0 aliphatic carbocycles. The fraction of sp³-hybridized carbons (Fsp3) is 0.158. The van der Waals surface area contributed by atoms with Gasteiger partial charge in [0, 0.05) is 47.7 Å². The smallest absolute Gasteiger partial charge is 0.419 e. The summed E-state index contributed by atoms with van der Waals surface area (Å²) >= 11 is 0. The Balaban J connectivity index is 1.66. The van der Waals surface area contributed by atoms with Crippen LogP contribution in [-0.2, 0) is 6.18 Å². The Morgan fingerprint density at radius 3 is 2.48 bits per heavy atom. The molecule has 0 saturated heterocycles. The number of halogens is 3. The van der Waals surface area contributed by atoms with Crippen molar-refractivity contribution in [1.29, 1.82) is 0 Å². The SMILES string of the molecule is CNc1cc2ncc(-c3cc(Nc4ncc(C(F)(F)F)o4)cnc3C)cc2cn1. The third kappa shape index (κ3) is 3.82. The molecule has 0 aromatic carbocycles. The van der Waals surface area contributed by atoms with Gasteiger partial charge in [-0.25, -0.2) is 9.97 Å². The summed E-state index contributed by atoms with van der Waals surface area (Å²) in [6.45, 7) is 1.83. The molecule has 0 amide bonds. The number of nitrogens with zero attached hydrogens (tertiary/aromatic N) is 4. The van der Waals surface area contributed by atoms with Crippen LogP contribution >= 0.6 is 0 Å². The van der Waals surface area contributed by atoms with Gasteiger partial charge in [-0.2, -0.15) is 13.2 Å². The monoisotopic (exact) mass is 400 g/mol. The molecule has 0 fully saturated rings. The van der Waals surface area contributed by atoms with Gasteiger partial charge in [-0.15, -0.1) is 0 Å². The Hall–Kier alpha value is -3.69. The first-order valence-electron chi connectivity index (χ1n) is 8.54. The molecule has 0 bridgehead atoms. The number of hydrogen-bond acceptors (Lipinski definition) is 7. The summed E-state index contributed by atoms with van der Waals surface area (Å²) in [6.07, 6.45) is 0.952. The molecule has 29 heavy (non-hydrogen) atoms. The first kappa shape index (κ1) is 18.7. The molecule has 0 aliphatic rings. The number of rotatable bonds is 4. The van der Waals surface area contributed by atoms with Gasteiger partial charge >= 0.3 is 6.18 Å². The van der Waals surface area contributed by atoms with Crippen LogP contribution in [0.1, 0.15) is 11.5 Å². The molecular weight excluding hydrogens is 385 g/mol. The molecule has 0 radical (unpaired) electrons. The number of hydrogen-bond donors (Lipinski definition) is 2. The van der Waals surface area contributed by atoms with Crippen LogP contribution in [0, 0.1) is 6.92 Å². The van der Waals surface area contributed by atoms with Gasteiger partial charge in [-0.3, -0.25) is 9.97 Å². The van der Waals surface area contributed by atoms with E-state index in [1.165, 1.54) is 6.20 Å². The van der Waals surface area contributed by atoms with Crippen LogP contribution in [0.25, 0.3) is 22.0 Å². The van der Waals surface area contributed by atoms with E-state index in [1.807, 2.05) is 19.1 Å². The van der Waals surface area contributed by atoms with Crippen LogP contribution in [0.2, 0.25) is 0 Å². The maximum absolute atomic E-state index is 12.7. The van der Waals surface area contributed by atoms with E-state index in [1.54, 1.807) is 25.5 Å². The maximum Gasteiger partial charge on any atom is 0.451 e. The average molecular weight is 400 g/mol. The average Bonchev–Trinajstić information content (AvgIpc) is 3.17. The number of aromatic nitrogens is 4. The van der Waals surface area contributed by atoms with Crippen molar-refractivity contribution in [2.75, 3.05) is 17.7 Å². The number of aryl methyl sites for hydroxylation is 1. The zero-order chi connectivity index (χ0) is 20.6. The van der Waals surface area contributed by atoms with Crippen molar-refractivity contribution < 1.29 is 17.6 Å². The first-order valence-corrected chi connectivity index (χ1v) is 8.54. The topological polar surface area (TPSA) is 88.8 Å². The van der Waals surface area contributed by atoms with Crippen molar-refractivity contribution in [1.82, 2.24) is 19.9 Å². The summed E-state index contributed by atoms with van der Waals surface area (Å²) in [7, 11) is 1.78. The van der Waals surface area contributed by atoms with E-state index >= 15 is 0 Å². The van der Waals surface area contributed by atoms with Gasteiger partial charge in [0.05, 0.1) is 23.6 Å². The molecule has 0 atom stereocenters. The normalized spacial score (nSPS) is 11.6. The molecule has 4 aromatic heterocycles. The maximum atomic E-state index is 12.7. The van der Waals surface area contributed by atoms with Crippen molar-refractivity contribution in [3.8, 4) is 11.1 Å². The quantitative estimate of drug-likeness (QED) is 0.509. The molecule has 4 aromatic rings. The standard InChI is InChI=1S/C19H15F3N6O/c1-10-14(11-3-12-7-26-17(23-2)5-15(12)25-6-11)4-13(8-24-10)28-18-27-9-16(29-18)19(20,21)22/h3-9H,1-2H3,(H,23,26)(H,27,28). The summed E-state index contributed by atoms with van der Waals surface area (Å²) in [5, 5.41) is 6.52. The number of oxazole rings is 1. The van der Waals surface area contributed by atoms with Crippen LogP contribution in [0.4, 0.5) is 30.7 Å². The highest BCUT2D eigenvalue weighted by atomic mass is 19.4. The van der Waals surface area contributed by atoms with Crippen molar-refractivity contribution in [3.63, 3.8) is 0 Å². The van der Waals surface area contributed by atoms with Crippen molar-refractivity contribution in [3.05, 3.63) is 54.4 Å². The summed E-state index contributed by atoms with van der Waals surface area (Å²) in [6, 6.07) is 5.24. The molecule has 0 unspecified atom stereocenters. The van der Waals surface area contributed by atoms with Crippen LogP contribution < -0.4 is 10.6 Å². The molecule has 0 aliphatic heterocycles. The van der Waals surface area contributed by atoms with Gasteiger partial charge in [0.2, 0.25) is 5.76 Å². The molecular formula is C19H15F3N6O. The Labute approximate surface area is 163 Å². The Morgan fingerprint density at radius 2 is 1.76 bits per heavy atom. The third-order valence-electron chi connectivity index (χ3n) is 4.26. The minimum Gasteiger partial charge on any atom is -0.419 e. The third-order valence-corrected chi connectivity index (χ3v) is 4.26. The van der Waals surface area contributed by atoms with Crippen molar-refractivity contribution >= 4 is 28.4 Å². The lowest BCUT2D eigenvalue weighted by molar-refractivity contribution is -0.152. The lowest BCUT2D eigenvalue weighted by atomic mass is 10.0. The Morgan fingerprint density at radius 1 is 0.931 bits per heavy atom. The van der Waals surface area contributed by atoms with Gasteiger partial charge in [0.1, 0.15) is 5.82 Å². The fourth-order valence-electron chi connectivity index (χ4n) is 2.79. The van der Waals surface area contributed by atoms with Gasteiger partial charge < -0.3 is 15.1 Å². The second kappa shape index (κ2) is 7.04. The highest BCUT2D eigenvalue weighted by Crippen LogP contribution is 2.32. The Kier molecular flexibility index (Phi) is 4.53. The summed E-state index contributed by atoms with van der Waals surface area (Å²) in [5.41, 5.74) is 3.52. The summed E-state index contributed by atoms with van der Waals surface area (Å²) in [5.74, 6) is -0.460. The van der Waals surface area contributed by atoms with E-state index in [4.69, 9.17) is 4.42 Å². The highest BCUT2D eigenvalue weighted by molar-refractivity contribution is 5.85. The van der Waals surface area contributed by atoms with E-state index in [0.717, 1.165) is 27.7 Å². The van der Waals surface area contributed by atoms with Gasteiger partial charge in [-0.1, -0.05) is 0 Å². The van der Waals surface area contributed by atoms with E-state index in [9.17, 15) is 13.2 Å². The van der Waals surface area contributed by atoms with E-state index < -0.39 is 11.9 Å². The zero-order valence-electron chi connectivity index (χ0n) is 15.4. The van der Waals surface area contributed by atoms with Crippen LogP contribution in [0.3, 0.4) is 0 Å². The molecule has 4 heterocycles. The number of pyridine rings is 3. The fourth-order valence-corrected chi connectivity index (χ4v) is 2.79. The number of alkyl halides is 3. The Bertz CT molecular complexity index is 1190. The second-order valence-electron chi connectivity index (χ2n) is 6.25. The molecule has 7 nitrogen and oxygen atoms in total. The summed E-state index contributed by atoms with van der Waals surface area (Å²) in [4.78, 5) is 16.7. The zero-order valence-corrected chi connectivity index (χ0v) is 15.4. The highest BCUT2D eigenvalue weighted by Gasteiger charge is 2.35. The number of fused-ring (bicyclic) bond motifs is 1.